The number of aliphatic hydroxyl groups excluding tert-OH is 2. The topological polar surface area (TPSA) is 87.0 Å². The van der Waals surface area contributed by atoms with Crippen molar-refractivity contribution >= 4 is 17.7 Å². The number of carboxylic acids is 1. The van der Waals surface area contributed by atoms with E-state index in [-0.39, 0.29) is 12.3 Å². The SMILES string of the molecule is CCCCC[C@H](O)/C=C/[C@@H]1C(SCCCCCC(=O)O)=C(OCC)C[C@H]1O. The summed E-state index contributed by atoms with van der Waals surface area (Å²) in [5, 5.41) is 29.3. The number of unbranched alkanes of at least 4 members (excludes halogenated alkanes) is 4. The number of rotatable bonds is 15. The van der Waals surface area contributed by atoms with Gasteiger partial charge in [0.1, 0.15) is 5.76 Å². The Morgan fingerprint density at radius 2 is 2.04 bits per heavy atom. The number of thioether (sulfide) groups is 1. The third-order valence-corrected chi connectivity index (χ3v) is 5.95. The second kappa shape index (κ2) is 14.1. The van der Waals surface area contributed by atoms with Crippen LogP contribution in [0.4, 0.5) is 0 Å². The number of ether oxygens (including phenoxy) is 1. The second-order valence-corrected chi connectivity index (χ2v) is 8.16. The quantitative estimate of drug-likeness (QED) is 0.277. The normalized spacial score (nSPS) is 21.2. The number of aliphatic carboxylic acids is 1. The van der Waals surface area contributed by atoms with Gasteiger partial charge in [0.05, 0.1) is 18.8 Å². The molecule has 0 aromatic carbocycles. The molecule has 0 radical (unpaired) electrons. The fourth-order valence-corrected chi connectivity index (χ4v) is 4.46. The third kappa shape index (κ3) is 9.67. The summed E-state index contributed by atoms with van der Waals surface area (Å²) in [5.41, 5.74) is 0. The van der Waals surface area contributed by atoms with E-state index in [1.165, 1.54) is 0 Å². The predicted molar refractivity (Wildman–Crippen MR) is 111 cm³/mol. The molecule has 5 nitrogen and oxygen atoms in total. The first-order chi connectivity index (χ1) is 13.0. The van der Waals surface area contributed by atoms with Crippen molar-refractivity contribution in [2.75, 3.05) is 12.4 Å². The van der Waals surface area contributed by atoms with E-state index >= 15 is 0 Å². The van der Waals surface area contributed by atoms with Gasteiger partial charge in [0, 0.05) is 23.7 Å². The molecule has 1 aliphatic carbocycles. The molecule has 0 aromatic rings. The van der Waals surface area contributed by atoms with Crippen molar-refractivity contribution in [3.63, 3.8) is 0 Å². The van der Waals surface area contributed by atoms with Crippen molar-refractivity contribution in [1.29, 1.82) is 0 Å². The average molecular weight is 401 g/mol. The highest BCUT2D eigenvalue weighted by molar-refractivity contribution is 8.03. The van der Waals surface area contributed by atoms with Gasteiger partial charge < -0.3 is 20.1 Å². The van der Waals surface area contributed by atoms with Gasteiger partial charge in [0.2, 0.25) is 0 Å². The first-order valence-electron chi connectivity index (χ1n) is 10.2. The van der Waals surface area contributed by atoms with Gasteiger partial charge in [-0.2, -0.15) is 0 Å². The molecule has 0 aliphatic heterocycles. The van der Waals surface area contributed by atoms with E-state index in [0.29, 0.717) is 19.4 Å². The molecule has 3 N–H and O–H groups in total. The maximum atomic E-state index is 10.6. The first kappa shape index (κ1) is 24.1. The molecule has 0 bridgehead atoms. The lowest BCUT2D eigenvalue weighted by atomic mass is 10.0. The zero-order valence-corrected chi connectivity index (χ0v) is 17.5. The Morgan fingerprint density at radius 1 is 1.26 bits per heavy atom. The van der Waals surface area contributed by atoms with Crippen LogP contribution in [0, 0.1) is 5.92 Å². The molecule has 1 aliphatic rings. The Labute approximate surface area is 167 Å². The van der Waals surface area contributed by atoms with Crippen molar-refractivity contribution in [3.8, 4) is 0 Å². The molecule has 0 heterocycles. The summed E-state index contributed by atoms with van der Waals surface area (Å²) in [4.78, 5) is 11.6. The van der Waals surface area contributed by atoms with Crippen LogP contribution in [-0.2, 0) is 9.53 Å². The zero-order valence-electron chi connectivity index (χ0n) is 16.7. The van der Waals surface area contributed by atoms with Gasteiger partial charge in [-0.25, -0.2) is 0 Å². The molecule has 27 heavy (non-hydrogen) atoms. The molecule has 0 saturated carbocycles. The van der Waals surface area contributed by atoms with Crippen LogP contribution in [0.2, 0.25) is 0 Å². The molecule has 6 heteroatoms. The molecule has 0 unspecified atom stereocenters. The summed E-state index contributed by atoms with van der Waals surface area (Å²) in [6.45, 7) is 4.65. The van der Waals surface area contributed by atoms with Gasteiger partial charge in [0.15, 0.2) is 0 Å². The Morgan fingerprint density at radius 3 is 2.70 bits per heavy atom. The monoisotopic (exact) mass is 400 g/mol. The first-order valence-corrected chi connectivity index (χ1v) is 11.2. The van der Waals surface area contributed by atoms with E-state index in [2.05, 4.69) is 6.92 Å². The van der Waals surface area contributed by atoms with Gasteiger partial charge in [-0.15, -0.1) is 11.8 Å². The van der Waals surface area contributed by atoms with Crippen molar-refractivity contribution in [1.82, 2.24) is 0 Å². The predicted octanol–water partition coefficient (Wildman–Crippen LogP) is 4.49. The highest BCUT2D eigenvalue weighted by Gasteiger charge is 2.33. The number of aliphatic hydroxyl groups is 2. The Kier molecular flexibility index (Phi) is 12.5. The Hall–Kier alpha value is -0.980. The number of carboxylic acid groups (broad SMARTS) is 1. The van der Waals surface area contributed by atoms with Crippen molar-refractivity contribution in [2.45, 2.75) is 83.8 Å². The van der Waals surface area contributed by atoms with Crippen LogP contribution in [0.1, 0.15) is 71.6 Å². The second-order valence-electron chi connectivity index (χ2n) is 7.02. The minimum absolute atomic E-state index is 0.128. The van der Waals surface area contributed by atoms with Gasteiger partial charge in [-0.1, -0.05) is 44.8 Å². The van der Waals surface area contributed by atoms with Crippen LogP contribution < -0.4 is 0 Å². The minimum atomic E-state index is -0.745. The summed E-state index contributed by atoms with van der Waals surface area (Å²) >= 11 is 1.69. The summed E-state index contributed by atoms with van der Waals surface area (Å²) in [6, 6.07) is 0. The molecular formula is C21H36O5S. The average Bonchev–Trinajstić information content (AvgIpc) is 2.91. The van der Waals surface area contributed by atoms with Crippen LogP contribution in [0.5, 0.6) is 0 Å². The summed E-state index contributed by atoms with van der Waals surface area (Å²) in [7, 11) is 0. The van der Waals surface area contributed by atoms with Crippen molar-refractivity contribution in [2.24, 2.45) is 5.92 Å². The van der Waals surface area contributed by atoms with Crippen LogP contribution in [0.3, 0.4) is 0 Å². The summed E-state index contributed by atoms with van der Waals surface area (Å²) in [5.74, 6) is 0.861. The Balaban J connectivity index is 2.58. The summed E-state index contributed by atoms with van der Waals surface area (Å²) < 4.78 is 5.74. The van der Waals surface area contributed by atoms with E-state index in [1.54, 1.807) is 11.8 Å². The highest BCUT2D eigenvalue weighted by Crippen LogP contribution is 2.41. The molecule has 156 valence electrons. The molecule has 3 atom stereocenters. The molecule has 0 amide bonds. The molecule has 1 rings (SSSR count). The van der Waals surface area contributed by atoms with Crippen molar-refractivity contribution < 1.29 is 24.9 Å². The fraction of sp³-hybridized carbons (Fsp3) is 0.762. The van der Waals surface area contributed by atoms with Crippen LogP contribution in [0.25, 0.3) is 0 Å². The highest BCUT2D eigenvalue weighted by atomic mass is 32.2. The lowest BCUT2D eigenvalue weighted by Crippen LogP contribution is -2.14. The molecule has 0 spiro atoms. The fourth-order valence-electron chi connectivity index (χ4n) is 3.16. The van der Waals surface area contributed by atoms with Crippen molar-refractivity contribution in [3.05, 3.63) is 22.8 Å². The van der Waals surface area contributed by atoms with E-state index in [9.17, 15) is 15.0 Å². The zero-order chi connectivity index (χ0) is 20.1. The lowest BCUT2D eigenvalue weighted by molar-refractivity contribution is -0.137. The van der Waals surface area contributed by atoms with Gasteiger partial charge in [-0.3, -0.25) is 4.79 Å². The van der Waals surface area contributed by atoms with Crippen LogP contribution in [-0.4, -0.2) is 45.9 Å². The standard InChI is InChI=1S/C21H36O5S/c1-3-5-7-10-16(22)12-13-17-18(23)15-19(26-4-2)21(17)27-14-9-6-8-11-20(24)25/h12-13,16-18,22-23H,3-11,14-15H2,1-2H3,(H,24,25)/b13-12+/t16-,17-,18+/m0/s1. The van der Waals surface area contributed by atoms with Crippen LogP contribution in [0.15, 0.2) is 22.8 Å². The maximum Gasteiger partial charge on any atom is 0.303 e. The summed E-state index contributed by atoms with van der Waals surface area (Å²) in [6.07, 6.45) is 10.0. The Bertz CT molecular complexity index is 489. The molecule has 0 aromatic heterocycles. The van der Waals surface area contributed by atoms with Crippen LogP contribution >= 0.6 is 11.8 Å². The number of hydrogen-bond donors (Lipinski definition) is 3. The molecule has 0 saturated heterocycles. The lowest BCUT2D eigenvalue weighted by Gasteiger charge is -2.15. The van der Waals surface area contributed by atoms with E-state index in [1.807, 2.05) is 19.1 Å². The molecule has 0 fully saturated rings. The van der Waals surface area contributed by atoms with E-state index in [0.717, 1.165) is 54.9 Å². The van der Waals surface area contributed by atoms with Gasteiger partial charge in [0.25, 0.3) is 0 Å². The van der Waals surface area contributed by atoms with Gasteiger partial charge >= 0.3 is 5.97 Å². The number of hydrogen-bond acceptors (Lipinski definition) is 5. The van der Waals surface area contributed by atoms with Gasteiger partial charge in [-0.05, 0) is 31.9 Å². The van der Waals surface area contributed by atoms with E-state index in [4.69, 9.17) is 9.84 Å². The molecular weight excluding hydrogens is 364 g/mol. The number of carbonyl (C=O) groups is 1. The smallest absolute Gasteiger partial charge is 0.303 e. The maximum absolute atomic E-state index is 10.6. The third-order valence-electron chi connectivity index (χ3n) is 4.64. The largest absolute Gasteiger partial charge is 0.497 e. The van der Waals surface area contributed by atoms with E-state index < -0.39 is 18.2 Å². The minimum Gasteiger partial charge on any atom is -0.497 e.